The molecule has 0 N–H and O–H groups in total. The highest BCUT2D eigenvalue weighted by atomic mass is 16.6. The van der Waals surface area contributed by atoms with Crippen molar-refractivity contribution in [1.82, 2.24) is 0 Å². The molecule has 1 aliphatic rings. The summed E-state index contributed by atoms with van der Waals surface area (Å²) in [5.41, 5.74) is 0.0933. The fourth-order valence-corrected chi connectivity index (χ4v) is 1.04. The Hall–Kier alpha value is -0.0800. The molecule has 0 radical (unpaired) electrons. The van der Waals surface area contributed by atoms with Crippen molar-refractivity contribution in [2.24, 2.45) is 0 Å². The van der Waals surface area contributed by atoms with Gasteiger partial charge in [0.2, 0.25) is 0 Å². The zero-order valence-electron chi connectivity index (χ0n) is 6.85. The molecule has 0 aromatic heterocycles. The van der Waals surface area contributed by atoms with Gasteiger partial charge in [-0.2, -0.15) is 0 Å². The van der Waals surface area contributed by atoms with E-state index in [1.807, 2.05) is 0 Å². The SMILES string of the molecule is CCCOC1(CC)COC1. The molecule has 0 bridgehead atoms. The van der Waals surface area contributed by atoms with E-state index in [2.05, 4.69) is 13.8 Å². The summed E-state index contributed by atoms with van der Waals surface area (Å²) in [7, 11) is 0. The third kappa shape index (κ3) is 1.50. The van der Waals surface area contributed by atoms with Crippen LogP contribution in [0.1, 0.15) is 26.7 Å². The highest BCUT2D eigenvalue weighted by Gasteiger charge is 2.37. The highest BCUT2D eigenvalue weighted by Crippen LogP contribution is 2.25. The first-order valence-corrected chi connectivity index (χ1v) is 4.05. The van der Waals surface area contributed by atoms with E-state index in [1.54, 1.807) is 0 Å². The number of ether oxygens (including phenoxy) is 2. The standard InChI is InChI=1S/C8H16O2/c1-3-5-10-8(4-2)6-9-7-8/h3-7H2,1-2H3. The zero-order chi connectivity index (χ0) is 7.45. The Morgan fingerprint density at radius 1 is 1.40 bits per heavy atom. The van der Waals surface area contributed by atoms with E-state index in [0.29, 0.717) is 0 Å². The van der Waals surface area contributed by atoms with Crippen molar-refractivity contribution < 1.29 is 9.47 Å². The van der Waals surface area contributed by atoms with Crippen LogP contribution in [0.4, 0.5) is 0 Å². The van der Waals surface area contributed by atoms with Crippen molar-refractivity contribution in [3.8, 4) is 0 Å². The van der Waals surface area contributed by atoms with Gasteiger partial charge in [-0.25, -0.2) is 0 Å². The summed E-state index contributed by atoms with van der Waals surface area (Å²) in [6, 6.07) is 0. The average Bonchev–Trinajstić information content (AvgIpc) is 1.87. The Balaban J connectivity index is 2.20. The van der Waals surface area contributed by atoms with Crippen LogP contribution in [0.5, 0.6) is 0 Å². The second-order valence-electron chi connectivity index (χ2n) is 2.88. The maximum Gasteiger partial charge on any atom is 0.114 e. The van der Waals surface area contributed by atoms with Gasteiger partial charge in [-0.05, 0) is 12.8 Å². The van der Waals surface area contributed by atoms with Gasteiger partial charge in [-0.1, -0.05) is 13.8 Å². The summed E-state index contributed by atoms with van der Waals surface area (Å²) in [4.78, 5) is 0. The smallest absolute Gasteiger partial charge is 0.114 e. The van der Waals surface area contributed by atoms with E-state index < -0.39 is 0 Å². The normalized spacial score (nSPS) is 22.2. The van der Waals surface area contributed by atoms with Crippen LogP contribution in [0.3, 0.4) is 0 Å². The van der Waals surface area contributed by atoms with Crippen LogP contribution in [0, 0.1) is 0 Å². The van der Waals surface area contributed by atoms with Gasteiger partial charge in [-0.15, -0.1) is 0 Å². The molecule has 2 nitrogen and oxygen atoms in total. The minimum absolute atomic E-state index is 0.0933. The Kier molecular flexibility index (Phi) is 2.69. The Morgan fingerprint density at radius 2 is 2.10 bits per heavy atom. The first-order valence-electron chi connectivity index (χ1n) is 4.05. The summed E-state index contributed by atoms with van der Waals surface area (Å²) >= 11 is 0. The molecular formula is C8H16O2. The van der Waals surface area contributed by atoms with E-state index in [9.17, 15) is 0 Å². The lowest BCUT2D eigenvalue weighted by molar-refractivity contribution is -0.210. The topological polar surface area (TPSA) is 18.5 Å². The predicted octanol–water partition coefficient (Wildman–Crippen LogP) is 1.59. The van der Waals surface area contributed by atoms with E-state index in [4.69, 9.17) is 9.47 Å². The van der Waals surface area contributed by atoms with Crippen LogP contribution in [-0.2, 0) is 9.47 Å². The van der Waals surface area contributed by atoms with E-state index >= 15 is 0 Å². The fraction of sp³-hybridized carbons (Fsp3) is 1.00. The maximum atomic E-state index is 5.64. The molecule has 0 amide bonds. The van der Waals surface area contributed by atoms with Gasteiger partial charge in [0.25, 0.3) is 0 Å². The van der Waals surface area contributed by atoms with Gasteiger partial charge >= 0.3 is 0 Å². The molecule has 1 rings (SSSR count). The van der Waals surface area contributed by atoms with Crippen LogP contribution < -0.4 is 0 Å². The Morgan fingerprint density at radius 3 is 2.40 bits per heavy atom. The largest absolute Gasteiger partial charge is 0.375 e. The van der Waals surface area contributed by atoms with Crippen molar-refractivity contribution in [2.75, 3.05) is 19.8 Å². The number of rotatable bonds is 4. The third-order valence-corrected chi connectivity index (χ3v) is 1.99. The lowest BCUT2D eigenvalue weighted by atomic mass is 9.99. The van der Waals surface area contributed by atoms with Gasteiger partial charge in [-0.3, -0.25) is 0 Å². The van der Waals surface area contributed by atoms with Crippen molar-refractivity contribution in [1.29, 1.82) is 0 Å². The van der Waals surface area contributed by atoms with Gasteiger partial charge in [0.1, 0.15) is 5.60 Å². The molecule has 1 heterocycles. The molecule has 0 saturated carbocycles. The van der Waals surface area contributed by atoms with Crippen LogP contribution in [0.25, 0.3) is 0 Å². The lowest BCUT2D eigenvalue weighted by Crippen LogP contribution is -2.51. The second-order valence-corrected chi connectivity index (χ2v) is 2.88. The highest BCUT2D eigenvalue weighted by molar-refractivity contribution is 4.85. The van der Waals surface area contributed by atoms with Crippen molar-refractivity contribution in [3.63, 3.8) is 0 Å². The first kappa shape index (κ1) is 8.02. The van der Waals surface area contributed by atoms with Gasteiger partial charge in [0.05, 0.1) is 13.2 Å². The molecule has 1 saturated heterocycles. The van der Waals surface area contributed by atoms with E-state index in [1.165, 1.54) is 0 Å². The molecule has 0 atom stereocenters. The van der Waals surface area contributed by atoms with Crippen LogP contribution in [-0.4, -0.2) is 25.4 Å². The van der Waals surface area contributed by atoms with E-state index in [-0.39, 0.29) is 5.60 Å². The molecule has 1 fully saturated rings. The molecule has 0 aliphatic carbocycles. The molecule has 0 unspecified atom stereocenters. The Bertz CT molecular complexity index is 91.9. The van der Waals surface area contributed by atoms with Crippen molar-refractivity contribution in [2.45, 2.75) is 32.3 Å². The molecule has 0 aromatic rings. The molecule has 10 heavy (non-hydrogen) atoms. The minimum Gasteiger partial charge on any atom is -0.375 e. The minimum atomic E-state index is 0.0933. The third-order valence-electron chi connectivity index (χ3n) is 1.99. The van der Waals surface area contributed by atoms with E-state index in [0.717, 1.165) is 32.7 Å². The van der Waals surface area contributed by atoms with Crippen molar-refractivity contribution in [3.05, 3.63) is 0 Å². The average molecular weight is 144 g/mol. The van der Waals surface area contributed by atoms with Gasteiger partial charge in [0, 0.05) is 6.61 Å². The molecule has 0 spiro atoms. The van der Waals surface area contributed by atoms with Crippen LogP contribution >= 0.6 is 0 Å². The molecule has 1 aliphatic heterocycles. The molecule has 60 valence electrons. The summed E-state index contributed by atoms with van der Waals surface area (Å²) < 4.78 is 10.7. The van der Waals surface area contributed by atoms with Crippen molar-refractivity contribution >= 4 is 0 Å². The Labute approximate surface area is 62.5 Å². The maximum absolute atomic E-state index is 5.64. The zero-order valence-corrected chi connectivity index (χ0v) is 6.85. The molecule has 2 heteroatoms. The van der Waals surface area contributed by atoms with Crippen LogP contribution in [0.2, 0.25) is 0 Å². The van der Waals surface area contributed by atoms with Gasteiger partial charge < -0.3 is 9.47 Å². The monoisotopic (exact) mass is 144 g/mol. The fourth-order valence-electron chi connectivity index (χ4n) is 1.04. The second kappa shape index (κ2) is 3.35. The summed E-state index contributed by atoms with van der Waals surface area (Å²) in [5.74, 6) is 0. The predicted molar refractivity (Wildman–Crippen MR) is 40.1 cm³/mol. The number of hydrogen-bond donors (Lipinski definition) is 0. The van der Waals surface area contributed by atoms with Crippen LogP contribution in [0.15, 0.2) is 0 Å². The number of hydrogen-bond acceptors (Lipinski definition) is 2. The molecule has 0 aromatic carbocycles. The quantitative estimate of drug-likeness (QED) is 0.596. The summed E-state index contributed by atoms with van der Waals surface area (Å²) in [5, 5.41) is 0. The lowest BCUT2D eigenvalue weighted by Gasteiger charge is -2.40. The summed E-state index contributed by atoms with van der Waals surface area (Å²) in [6.45, 7) is 6.74. The first-order chi connectivity index (χ1) is 4.83. The van der Waals surface area contributed by atoms with Gasteiger partial charge in [0.15, 0.2) is 0 Å². The summed E-state index contributed by atoms with van der Waals surface area (Å²) in [6.07, 6.45) is 2.18. The molecular weight excluding hydrogens is 128 g/mol.